The maximum Gasteiger partial charge on any atom is 0.220 e. The van der Waals surface area contributed by atoms with Gasteiger partial charge in [0.25, 0.3) is 0 Å². The SMILES string of the molecule is COC[C@H](C)NC(=O)CCCOc1ccccc1C. The van der Waals surface area contributed by atoms with Gasteiger partial charge in [0.05, 0.1) is 13.2 Å². The molecule has 4 nitrogen and oxygen atoms in total. The number of carbonyl (C=O) groups excluding carboxylic acids is 1. The highest BCUT2D eigenvalue weighted by Gasteiger charge is 2.06. The zero-order chi connectivity index (χ0) is 14.1. The molecule has 1 atom stereocenters. The second-order valence-corrected chi connectivity index (χ2v) is 4.64. The summed E-state index contributed by atoms with van der Waals surface area (Å²) in [6.45, 7) is 5.02. The minimum Gasteiger partial charge on any atom is -0.493 e. The van der Waals surface area contributed by atoms with Crippen LogP contribution in [0.4, 0.5) is 0 Å². The maximum absolute atomic E-state index is 11.6. The van der Waals surface area contributed by atoms with Crippen molar-refractivity contribution in [3.05, 3.63) is 29.8 Å². The molecular formula is C15H23NO3. The molecule has 1 aromatic carbocycles. The van der Waals surface area contributed by atoms with Crippen LogP contribution in [-0.4, -0.2) is 32.3 Å². The lowest BCUT2D eigenvalue weighted by molar-refractivity contribution is -0.122. The summed E-state index contributed by atoms with van der Waals surface area (Å²) in [4.78, 5) is 11.6. The van der Waals surface area contributed by atoms with E-state index < -0.39 is 0 Å². The average Bonchev–Trinajstić information content (AvgIpc) is 2.36. The number of benzene rings is 1. The largest absolute Gasteiger partial charge is 0.493 e. The monoisotopic (exact) mass is 265 g/mol. The van der Waals surface area contributed by atoms with Gasteiger partial charge in [-0.2, -0.15) is 0 Å². The molecule has 1 amide bonds. The van der Waals surface area contributed by atoms with Crippen molar-refractivity contribution in [2.75, 3.05) is 20.3 Å². The molecule has 0 unspecified atom stereocenters. The third-order valence-corrected chi connectivity index (χ3v) is 2.72. The van der Waals surface area contributed by atoms with E-state index in [9.17, 15) is 4.79 Å². The van der Waals surface area contributed by atoms with Crippen molar-refractivity contribution in [1.82, 2.24) is 5.32 Å². The molecular weight excluding hydrogens is 242 g/mol. The number of hydrogen-bond donors (Lipinski definition) is 1. The first kappa shape index (κ1) is 15.5. The molecule has 0 spiro atoms. The molecule has 1 rings (SSSR count). The van der Waals surface area contributed by atoms with Gasteiger partial charge in [-0.3, -0.25) is 4.79 Å². The number of nitrogens with one attached hydrogen (secondary N) is 1. The van der Waals surface area contributed by atoms with Gasteiger partial charge >= 0.3 is 0 Å². The van der Waals surface area contributed by atoms with E-state index in [4.69, 9.17) is 9.47 Å². The summed E-state index contributed by atoms with van der Waals surface area (Å²) in [5.74, 6) is 0.925. The molecule has 0 radical (unpaired) electrons. The van der Waals surface area contributed by atoms with E-state index in [2.05, 4.69) is 5.32 Å². The fraction of sp³-hybridized carbons (Fsp3) is 0.533. The predicted molar refractivity (Wildman–Crippen MR) is 75.4 cm³/mol. The average molecular weight is 265 g/mol. The van der Waals surface area contributed by atoms with Crippen molar-refractivity contribution < 1.29 is 14.3 Å². The molecule has 19 heavy (non-hydrogen) atoms. The van der Waals surface area contributed by atoms with Crippen LogP contribution < -0.4 is 10.1 Å². The first-order valence-corrected chi connectivity index (χ1v) is 6.60. The van der Waals surface area contributed by atoms with E-state index in [1.165, 1.54) is 0 Å². The van der Waals surface area contributed by atoms with Crippen molar-refractivity contribution in [3.8, 4) is 5.75 Å². The highest BCUT2D eigenvalue weighted by Crippen LogP contribution is 2.16. The smallest absolute Gasteiger partial charge is 0.220 e. The Hall–Kier alpha value is -1.55. The number of amides is 1. The van der Waals surface area contributed by atoms with Gasteiger partial charge in [0, 0.05) is 19.6 Å². The first-order chi connectivity index (χ1) is 9.13. The molecule has 1 aromatic rings. The van der Waals surface area contributed by atoms with E-state index in [0.717, 1.165) is 11.3 Å². The van der Waals surface area contributed by atoms with Crippen LogP contribution >= 0.6 is 0 Å². The first-order valence-electron chi connectivity index (χ1n) is 6.60. The summed E-state index contributed by atoms with van der Waals surface area (Å²) in [7, 11) is 1.62. The fourth-order valence-electron chi connectivity index (χ4n) is 1.77. The number of rotatable bonds is 8. The van der Waals surface area contributed by atoms with Crippen molar-refractivity contribution in [2.24, 2.45) is 0 Å². The molecule has 0 bridgehead atoms. The van der Waals surface area contributed by atoms with Crippen LogP contribution in [0.3, 0.4) is 0 Å². The number of carbonyl (C=O) groups is 1. The quantitative estimate of drug-likeness (QED) is 0.734. The molecule has 0 fully saturated rings. The van der Waals surface area contributed by atoms with E-state index in [1.807, 2.05) is 38.1 Å². The van der Waals surface area contributed by atoms with Gasteiger partial charge in [-0.15, -0.1) is 0 Å². The highest BCUT2D eigenvalue weighted by molar-refractivity contribution is 5.76. The molecule has 1 N–H and O–H groups in total. The van der Waals surface area contributed by atoms with Crippen LogP contribution in [0, 0.1) is 6.92 Å². The Morgan fingerprint density at radius 3 is 2.79 bits per heavy atom. The van der Waals surface area contributed by atoms with Gasteiger partial charge in [-0.25, -0.2) is 0 Å². The van der Waals surface area contributed by atoms with Gasteiger partial charge in [0.1, 0.15) is 5.75 Å². The van der Waals surface area contributed by atoms with Crippen LogP contribution in [0.1, 0.15) is 25.3 Å². The summed E-state index contributed by atoms with van der Waals surface area (Å²) in [5.41, 5.74) is 1.11. The summed E-state index contributed by atoms with van der Waals surface area (Å²) < 4.78 is 10.6. The Labute approximate surface area is 115 Å². The van der Waals surface area contributed by atoms with Crippen molar-refractivity contribution >= 4 is 5.91 Å². The third kappa shape index (κ3) is 6.25. The number of para-hydroxylation sites is 1. The standard InChI is InChI=1S/C15H23NO3/c1-12-7-4-5-8-14(12)19-10-6-9-15(17)16-13(2)11-18-3/h4-5,7-8,13H,6,9-11H2,1-3H3,(H,16,17)/t13-/m0/s1. The van der Waals surface area contributed by atoms with E-state index >= 15 is 0 Å². The lowest BCUT2D eigenvalue weighted by Gasteiger charge is -2.13. The summed E-state index contributed by atoms with van der Waals surface area (Å²) >= 11 is 0. The second-order valence-electron chi connectivity index (χ2n) is 4.64. The van der Waals surface area contributed by atoms with E-state index in [1.54, 1.807) is 7.11 Å². The number of ether oxygens (including phenoxy) is 2. The van der Waals surface area contributed by atoms with Crippen LogP contribution in [0.2, 0.25) is 0 Å². The Morgan fingerprint density at radius 1 is 1.37 bits per heavy atom. The third-order valence-electron chi connectivity index (χ3n) is 2.72. The molecule has 4 heteroatoms. The fourth-order valence-corrected chi connectivity index (χ4v) is 1.77. The zero-order valence-electron chi connectivity index (χ0n) is 11.9. The van der Waals surface area contributed by atoms with Crippen LogP contribution in [0.5, 0.6) is 5.75 Å². The lowest BCUT2D eigenvalue weighted by atomic mass is 10.2. The van der Waals surface area contributed by atoms with Gasteiger partial charge < -0.3 is 14.8 Å². The Morgan fingerprint density at radius 2 is 2.11 bits per heavy atom. The summed E-state index contributed by atoms with van der Waals surface area (Å²) in [6.07, 6.45) is 1.18. The van der Waals surface area contributed by atoms with Gasteiger partial charge in [-0.1, -0.05) is 18.2 Å². The van der Waals surface area contributed by atoms with Crippen molar-refractivity contribution in [1.29, 1.82) is 0 Å². The highest BCUT2D eigenvalue weighted by atomic mass is 16.5. The van der Waals surface area contributed by atoms with Crippen LogP contribution in [0.25, 0.3) is 0 Å². The van der Waals surface area contributed by atoms with E-state index in [0.29, 0.717) is 26.1 Å². The maximum atomic E-state index is 11.6. The second kappa shape index (κ2) is 8.53. The van der Waals surface area contributed by atoms with Crippen molar-refractivity contribution in [2.45, 2.75) is 32.7 Å². The molecule has 0 aliphatic heterocycles. The minimum absolute atomic E-state index is 0.0398. The molecule has 0 heterocycles. The molecule has 0 aliphatic rings. The Balaban J connectivity index is 2.17. The molecule has 0 aromatic heterocycles. The minimum atomic E-state index is 0.0398. The molecule has 0 saturated carbocycles. The molecule has 0 aliphatic carbocycles. The molecule has 0 saturated heterocycles. The van der Waals surface area contributed by atoms with Crippen molar-refractivity contribution in [3.63, 3.8) is 0 Å². The normalized spacial score (nSPS) is 11.9. The number of aryl methyl sites for hydroxylation is 1. The number of hydrogen-bond acceptors (Lipinski definition) is 3. The van der Waals surface area contributed by atoms with Crippen LogP contribution in [0.15, 0.2) is 24.3 Å². The summed E-state index contributed by atoms with van der Waals surface area (Å²) in [5, 5.41) is 2.87. The lowest BCUT2D eigenvalue weighted by Crippen LogP contribution is -2.35. The summed E-state index contributed by atoms with van der Waals surface area (Å²) in [6, 6.07) is 7.92. The van der Waals surface area contributed by atoms with Gasteiger partial charge in [0.15, 0.2) is 0 Å². The van der Waals surface area contributed by atoms with Crippen LogP contribution in [-0.2, 0) is 9.53 Å². The topological polar surface area (TPSA) is 47.6 Å². The zero-order valence-corrected chi connectivity index (χ0v) is 11.9. The Bertz CT molecular complexity index is 393. The number of methoxy groups -OCH3 is 1. The van der Waals surface area contributed by atoms with Gasteiger partial charge in [-0.05, 0) is 31.9 Å². The Kier molecular flexibility index (Phi) is 6.97. The van der Waals surface area contributed by atoms with Gasteiger partial charge in [0.2, 0.25) is 5.91 Å². The van der Waals surface area contributed by atoms with E-state index in [-0.39, 0.29) is 11.9 Å². The molecule has 106 valence electrons. The predicted octanol–water partition coefficient (Wildman–Crippen LogP) is 2.31.